The lowest BCUT2D eigenvalue weighted by Gasteiger charge is -2.52. The quantitative estimate of drug-likeness (QED) is 0.697. The molecule has 3 rings (SSSR count). The number of nitrogens with one attached hydrogen (secondary N) is 2. The number of hydrogen-bond acceptors (Lipinski definition) is 4. The van der Waals surface area contributed by atoms with Crippen LogP contribution in [0.5, 0.6) is 0 Å². The van der Waals surface area contributed by atoms with E-state index in [2.05, 4.69) is 48.3 Å². The van der Waals surface area contributed by atoms with Gasteiger partial charge in [0.15, 0.2) is 0 Å². The summed E-state index contributed by atoms with van der Waals surface area (Å²) >= 11 is 0. The predicted molar refractivity (Wildman–Crippen MR) is 118 cm³/mol. The number of aromatic nitrogens is 2. The molecule has 2 heterocycles. The molecule has 7 heteroatoms. The Morgan fingerprint density at radius 2 is 2.03 bits per heavy atom. The zero-order valence-corrected chi connectivity index (χ0v) is 19.0. The van der Waals surface area contributed by atoms with E-state index in [0.717, 1.165) is 18.5 Å². The van der Waals surface area contributed by atoms with Gasteiger partial charge in [-0.15, -0.1) is 0 Å². The van der Waals surface area contributed by atoms with Gasteiger partial charge in [0.1, 0.15) is 0 Å². The third-order valence-corrected chi connectivity index (χ3v) is 6.39. The van der Waals surface area contributed by atoms with E-state index in [1.807, 2.05) is 38.5 Å². The van der Waals surface area contributed by atoms with Gasteiger partial charge in [-0.3, -0.25) is 9.59 Å². The smallest absolute Gasteiger partial charge is 0.253 e. The van der Waals surface area contributed by atoms with Crippen LogP contribution in [0.2, 0.25) is 0 Å². The van der Waals surface area contributed by atoms with Gasteiger partial charge in [-0.1, -0.05) is 27.7 Å². The predicted octanol–water partition coefficient (Wildman–Crippen LogP) is 2.57. The fourth-order valence-corrected chi connectivity index (χ4v) is 4.63. The van der Waals surface area contributed by atoms with Gasteiger partial charge in [-0.2, -0.15) is 5.10 Å². The topological polar surface area (TPSA) is 78.7 Å². The lowest BCUT2D eigenvalue weighted by Crippen LogP contribution is -2.60. The molecule has 1 fully saturated rings. The summed E-state index contributed by atoms with van der Waals surface area (Å²) in [6.07, 6.45) is 4.90. The normalized spacial score (nSPS) is 20.8. The van der Waals surface area contributed by atoms with Crippen molar-refractivity contribution in [2.75, 3.05) is 27.2 Å². The van der Waals surface area contributed by atoms with Crippen LogP contribution in [-0.4, -0.2) is 59.6 Å². The average molecular weight is 414 g/mol. The Hall–Kier alpha value is -2.41. The summed E-state index contributed by atoms with van der Waals surface area (Å²) in [4.78, 5) is 27.4. The first kappa shape index (κ1) is 22.3. The number of rotatable bonds is 8. The van der Waals surface area contributed by atoms with Gasteiger partial charge in [-0.05, 0) is 55.5 Å². The molecule has 0 radical (unpaired) electrons. The summed E-state index contributed by atoms with van der Waals surface area (Å²) in [6, 6.07) is 5.58. The van der Waals surface area contributed by atoms with Crippen LogP contribution in [0.25, 0.3) is 5.52 Å². The number of carbonyl (C=O) groups is 2. The van der Waals surface area contributed by atoms with Crippen molar-refractivity contribution in [2.24, 2.45) is 16.7 Å². The molecule has 30 heavy (non-hydrogen) atoms. The third kappa shape index (κ3) is 4.83. The highest BCUT2D eigenvalue weighted by Gasteiger charge is 2.48. The maximum Gasteiger partial charge on any atom is 0.253 e. The molecule has 0 saturated heterocycles. The zero-order valence-electron chi connectivity index (χ0n) is 19.0. The molecule has 2 atom stereocenters. The minimum atomic E-state index is -0.0768. The van der Waals surface area contributed by atoms with Crippen LogP contribution in [0.15, 0.2) is 30.6 Å². The Labute approximate surface area is 179 Å². The first-order valence-corrected chi connectivity index (χ1v) is 10.6. The molecule has 1 aliphatic carbocycles. The Balaban J connectivity index is 1.51. The summed E-state index contributed by atoms with van der Waals surface area (Å²) in [5.74, 6) is 0.360. The zero-order chi connectivity index (χ0) is 22.1. The number of hydrogen-bond donors (Lipinski definition) is 2. The Kier molecular flexibility index (Phi) is 6.22. The molecule has 2 N–H and O–H groups in total. The van der Waals surface area contributed by atoms with E-state index < -0.39 is 0 Å². The van der Waals surface area contributed by atoms with Crippen LogP contribution in [0, 0.1) is 16.7 Å². The SMILES string of the molecule is CN(C)CC(C)(C)CC(=O)NCC1CC(NC(=O)c2cccn3nccc23)C1(C)C. The largest absolute Gasteiger partial charge is 0.356 e. The minimum absolute atomic E-state index is 0.0616. The molecule has 1 saturated carbocycles. The second-order valence-corrected chi connectivity index (χ2v) is 10.2. The Bertz CT molecular complexity index is 915. The van der Waals surface area contributed by atoms with Crippen molar-refractivity contribution in [2.45, 2.75) is 46.6 Å². The summed E-state index contributed by atoms with van der Waals surface area (Å²) in [5, 5.41) is 10.5. The molecule has 2 unspecified atom stereocenters. The summed E-state index contributed by atoms with van der Waals surface area (Å²) in [5.41, 5.74) is 1.29. The first-order valence-electron chi connectivity index (χ1n) is 10.6. The lowest BCUT2D eigenvalue weighted by atomic mass is 9.58. The fraction of sp³-hybridized carbons (Fsp3) is 0.609. The molecule has 2 amide bonds. The maximum atomic E-state index is 12.8. The summed E-state index contributed by atoms with van der Waals surface area (Å²) in [6.45, 7) is 10.1. The van der Waals surface area contributed by atoms with Gasteiger partial charge >= 0.3 is 0 Å². The first-order chi connectivity index (χ1) is 14.0. The number of fused-ring (bicyclic) bond motifs is 1. The van der Waals surface area contributed by atoms with Crippen LogP contribution in [0.1, 0.15) is 50.9 Å². The van der Waals surface area contributed by atoms with Gasteiger partial charge in [0, 0.05) is 31.7 Å². The average Bonchev–Trinajstić information content (AvgIpc) is 3.10. The summed E-state index contributed by atoms with van der Waals surface area (Å²) in [7, 11) is 4.05. The number of pyridine rings is 1. The minimum Gasteiger partial charge on any atom is -0.356 e. The van der Waals surface area contributed by atoms with Crippen LogP contribution in [0.4, 0.5) is 0 Å². The molecule has 2 aromatic heterocycles. The Morgan fingerprint density at radius 1 is 1.30 bits per heavy atom. The molecule has 2 aromatic rings. The molecule has 0 aliphatic heterocycles. The highest BCUT2D eigenvalue weighted by atomic mass is 16.2. The second-order valence-electron chi connectivity index (χ2n) is 10.2. The standard InChI is InChI=1S/C23H35N5O2/c1-22(2,15-27(5)6)13-20(29)24-14-16-12-19(23(16,3)4)26-21(30)17-8-7-11-28-18(17)9-10-25-28/h7-11,16,19H,12-15H2,1-6H3,(H,24,29)(H,26,30). The highest BCUT2D eigenvalue weighted by Crippen LogP contribution is 2.46. The van der Waals surface area contributed by atoms with Crippen LogP contribution in [0.3, 0.4) is 0 Å². The lowest BCUT2D eigenvalue weighted by molar-refractivity contribution is -0.124. The van der Waals surface area contributed by atoms with Crippen molar-refractivity contribution >= 4 is 17.3 Å². The highest BCUT2D eigenvalue weighted by molar-refractivity contribution is 6.00. The van der Waals surface area contributed by atoms with E-state index in [0.29, 0.717) is 24.4 Å². The van der Waals surface area contributed by atoms with Crippen molar-refractivity contribution in [1.82, 2.24) is 25.1 Å². The van der Waals surface area contributed by atoms with Gasteiger partial charge in [0.25, 0.3) is 5.91 Å². The number of amides is 2. The Morgan fingerprint density at radius 3 is 2.70 bits per heavy atom. The molecule has 0 bridgehead atoms. The van der Waals surface area contributed by atoms with E-state index in [-0.39, 0.29) is 28.7 Å². The monoisotopic (exact) mass is 413 g/mol. The van der Waals surface area contributed by atoms with Gasteiger partial charge in [0.2, 0.25) is 5.91 Å². The van der Waals surface area contributed by atoms with E-state index in [4.69, 9.17) is 0 Å². The van der Waals surface area contributed by atoms with Gasteiger partial charge in [-0.25, -0.2) is 4.52 Å². The third-order valence-electron chi connectivity index (χ3n) is 6.39. The van der Waals surface area contributed by atoms with Crippen LogP contribution < -0.4 is 10.6 Å². The number of carbonyl (C=O) groups excluding carboxylic acids is 2. The van der Waals surface area contributed by atoms with E-state index in [1.165, 1.54) is 0 Å². The van der Waals surface area contributed by atoms with Gasteiger partial charge in [0.05, 0.1) is 17.3 Å². The van der Waals surface area contributed by atoms with E-state index in [1.54, 1.807) is 10.7 Å². The molecule has 1 aliphatic rings. The van der Waals surface area contributed by atoms with Crippen LogP contribution in [-0.2, 0) is 4.79 Å². The molecule has 164 valence electrons. The molecule has 0 spiro atoms. The van der Waals surface area contributed by atoms with Crippen molar-refractivity contribution in [1.29, 1.82) is 0 Å². The summed E-state index contributed by atoms with van der Waals surface area (Å²) < 4.78 is 1.71. The van der Waals surface area contributed by atoms with Crippen molar-refractivity contribution in [3.8, 4) is 0 Å². The number of nitrogens with zero attached hydrogens (tertiary/aromatic N) is 3. The van der Waals surface area contributed by atoms with E-state index in [9.17, 15) is 9.59 Å². The van der Waals surface area contributed by atoms with Crippen molar-refractivity contribution in [3.05, 3.63) is 36.2 Å². The van der Waals surface area contributed by atoms with Crippen LogP contribution >= 0.6 is 0 Å². The molecule has 0 aromatic carbocycles. The second kappa shape index (κ2) is 8.38. The molecular weight excluding hydrogens is 378 g/mol. The molecule has 7 nitrogen and oxygen atoms in total. The van der Waals surface area contributed by atoms with E-state index >= 15 is 0 Å². The maximum absolute atomic E-state index is 12.8. The van der Waals surface area contributed by atoms with Gasteiger partial charge < -0.3 is 15.5 Å². The fourth-order valence-electron chi connectivity index (χ4n) is 4.63. The van der Waals surface area contributed by atoms with Crippen molar-refractivity contribution in [3.63, 3.8) is 0 Å². The van der Waals surface area contributed by atoms with Crippen molar-refractivity contribution < 1.29 is 9.59 Å². The molecular formula is C23H35N5O2.